The van der Waals surface area contributed by atoms with Crippen molar-refractivity contribution in [1.29, 1.82) is 0 Å². The molecule has 0 aliphatic carbocycles. The Hall–Kier alpha value is -1.10. The van der Waals surface area contributed by atoms with Gasteiger partial charge < -0.3 is 5.11 Å². The quantitative estimate of drug-likeness (QED) is 0.535. The third-order valence-corrected chi connectivity index (χ3v) is 2.51. The third kappa shape index (κ3) is 2.92. The lowest BCUT2D eigenvalue weighted by atomic mass is 9.94. The summed E-state index contributed by atoms with van der Waals surface area (Å²) in [6.45, 7) is 1.53. The van der Waals surface area contributed by atoms with Crippen LogP contribution in [0, 0.1) is 0 Å². The number of hydrogen-bond acceptors (Lipinski definition) is 3. The molecule has 0 spiro atoms. The molecule has 0 radical (unpaired) electrons. The molecule has 5 heteroatoms. The number of benzene rings is 1. The van der Waals surface area contributed by atoms with Crippen molar-refractivity contribution >= 4 is 17.6 Å². The minimum atomic E-state index is -1.16. The van der Waals surface area contributed by atoms with Gasteiger partial charge in [0.25, 0.3) is 0 Å². The van der Waals surface area contributed by atoms with E-state index in [9.17, 15) is 4.79 Å². The maximum Gasteiger partial charge on any atom is 0.325 e. The molecule has 0 heterocycles. The zero-order chi connectivity index (χ0) is 11.5. The fourth-order valence-corrected chi connectivity index (χ4v) is 1.32. The van der Waals surface area contributed by atoms with Gasteiger partial charge in [-0.25, -0.2) is 5.43 Å². The van der Waals surface area contributed by atoms with Crippen LogP contribution in [0.1, 0.15) is 12.5 Å². The zero-order valence-electron chi connectivity index (χ0n) is 8.33. The van der Waals surface area contributed by atoms with Crippen molar-refractivity contribution in [3.8, 4) is 0 Å². The van der Waals surface area contributed by atoms with E-state index in [1.807, 2.05) is 0 Å². The van der Waals surface area contributed by atoms with Gasteiger partial charge in [0.2, 0.25) is 0 Å². The Labute approximate surface area is 93.0 Å². The van der Waals surface area contributed by atoms with Gasteiger partial charge in [-0.3, -0.25) is 10.6 Å². The lowest BCUT2D eigenvalue weighted by Crippen LogP contribution is -2.54. The highest BCUT2D eigenvalue weighted by Crippen LogP contribution is 2.15. The van der Waals surface area contributed by atoms with Gasteiger partial charge in [-0.05, 0) is 24.6 Å². The first-order chi connectivity index (χ1) is 6.98. The predicted octanol–water partition coefficient (Wildman–Crippen LogP) is 1.19. The van der Waals surface area contributed by atoms with Gasteiger partial charge in [0.1, 0.15) is 5.54 Å². The highest BCUT2D eigenvalue weighted by atomic mass is 35.5. The largest absolute Gasteiger partial charge is 0.480 e. The lowest BCUT2D eigenvalue weighted by Gasteiger charge is -2.23. The van der Waals surface area contributed by atoms with E-state index in [-0.39, 0.29) is 0 Å². The van der Waals surface area contributed by atoms with Crippen LogP contribution in [0.15, 0.2) is 24.3 Å². The third-order valence-electron chi connectivity index (χ3n) is 2.26. The fraction of sp³-hybridized carbons (Fsp3) is 0.300. The first-order valence-electron chi connectivity index (χ1n) is 4.43. The monoisotopic (exact) mass is 228 g/mol. The fourth-order valence-electron chi connectivity index (χ4n) is 1.20. The van der Waals surface area contributed by atoms with Gasteiger partial charge in [-0.1, -0.05) is 23.7 Å². The summed E-state index contributed by atoms with van der Waals surface area (Å²) in [5.74, 6) is 4.24. The van der Waals surface area contributed by atoms with Crippen molar-refractivity contribution in [2.75, 3.05) is 0 Å². The van der Waals surface area contributed by atoms with E-state index in [0.717, 1.165) is 5.56 Å². The summed E-state index contributed by atoms with van der Waals surface area (Å²) >= 11 is 5.72. The smallest absolute Gasteiger partial charge is 0.325 e. The van der Waals surface area contributed by atoms with E-state index in [1.54, 1.807) is 24.3 Å². The number of carbonyl (C=O) groups is 1. The Balaban J connectivity index is 2.84. The average Bonchev–Trinajstić information content (AvgIpc) is 2.21. The van der Waals surface area contributed by atoms with Gasteiger partial charge >= 0.3 is 5.97 Å². The molecule has 0 saturated carbocycles. The highest BCUT2D eigenvalue weighted by molar-refractivity contribution is 6.30. The maximum absolute atomic E-state index is 11.0. The second-order valence-corrected chi connectivity index (χ2v) is 4.02. The minimum Gasteiger partial charge on any atom is -0.480 e. The Bertz CT molecular complexity index is 353. The van der Waals surface area contributed by atoms with E-state index in [0.29, 0.717) is 11.4 Å². The molecule has 0 aliphatic heterocycles. The number of nitrogens with two attached hydrogens (primary N) is 1. The van der Waals surface area contributed by atoms with Crippen molar-refractivity contribution in [3.05, 3.63) is 34.9 Å². The molecule has 0 aromatic heterocycles. The van der Waals surface area contributed by atoms with Crippen molar-refractivity contribution in [1.82, 2.24) is 5.43 Å². The molecule has 0 saturated heterocycles. The number of carboxylic acid groups (broad SMARTS) is 1. The summed E-state index contributed by atoms with van der Waals surface area (Å²) in [6.07, 6.45) is 0.302. The van der Waals surface area contributed by atoms with Gasteiger partial charge in [-0.2, -0.15) is 0 Å². The molecule has 4 nitrogen and oxygen atoms in total. The standard InChI is InChI=1S/C10H13ClN2O2/c1-10(13-12,9(14)15)6-7-2-4-8(11)5-3-7/h2-5,13H,6,12H2,1H3,(H,14,15). The molecule has 1 atom stereocenters. The maximum atomic E-state index is 11.0. The van der Waals surface area contributed by atoms with E-state index < -0.39 is 11.5 Å². The second kappa shape index (κ2) is 4.61. The van der Waals surface area contributed by atoms with Crippen molar-refractivity contribution in [2.45, 2.75) is 18.9 Å². The van der Waals surface area contributed by atoms with Crippen LogP contribution in [-0.4, -0.2) is 16.6 Å². The van der Waals surface area contributed by atoms with Crippen molar-refractivity contribution in [2.24, 2.45) is 5.84 Å². The highest BCUT2D eigenvalue weighted by Gasteiger charge is 2.31. The molecule has 1 aromatic rings. The van der Waals surface area contributed by atoms with Gasteiger partial charge in [0, 0.05) is 11.4 Å². The number of hydrazine groups is 1. The minimum absolute atomic E-state index is 0.302. The van der Waals surface area contributed by atoms with Gasteiger partial charge in [-0.15, -0.1) is 0 Å². The average molecular weight is 229 g/mol. The molecule has 1 unspecified atom stereocenters. The van der Waals surface area contributed by atoms with E-state index in [1.165, 1.54) is 6.92 Å². The Kier molecular flexibility index (Phi) is 3.68. The number of halogens is 1. The number of aliphatic carboxylic acids is 1. The van der Waals surface area contributed by atoms with Crippen LogP contribution in [0.3, 0.4) is 0 Å². The molecule has 0 bridgehead atoms. The Morgan fingerprint density at radius 1 is 1.53 bits per heavy atom. The first kappa shape index (κ1) is 12.0. The molecule has 4 N–H and O–H groups in total. The Morgan fingerprint density at radius 2 is 2.07 bits per heavy atom. The number of nitrogens with one attached hydrogen (secondary N) is 1. The van der Waals surface area contributed by atoms with Crippen molar-refractivity contribution in [3.63, 3.8) is 0 Å². The van der Waals surface area contributed by atoms with Crippen LogP contribution in [-0.2, 0) is 11.2 Å². The second-order valence-electron chi connectivity index (χ2n) is 3.58. The first-order valence-corrected chi connectivity index (χ1v) is 4.81. The van der Waals surface area contributed by atoms with E-state index in [2.05, 4.69) is 5.43 Å². The van der Waals surface area contributed by atoms with Crippen LogP contribution in [0.25, 0.3) is 0 Å². The number of hydrogen-bond donors (Lipinski definition) is 3. The molecular weight excluding hydrogens is 216 g/mol. The zero-order valence-corrected chi connectivity index (χ0v) is 9.08. The summed E-state index contributed by atoms with van der Waals surface area (Å²) in [6, 6.07) is 6.99. The molecule has 15 heavy (non-hydrogen) atoms. The van der Waals surface area contributed by atoms with Crippen LogP contribution in [0.4, 0.5) is 0 Å². The number of rotatable bonds is 4. The predicted molar refractivity (Wildman–Crippen MR) is 58.5 cm³/mol. The topological polar surface area (TPSA) is 75.3 Å². The SMILES string of the molecule is CC(Cc1ccc(Cl)cc1)(NN)C(=O)O. The summed E-state index contributed by atoms with van der Waals surface area (Å²) in [7, 11) is 0. The molecule has 82 valence electrons. The summed E-state index contributed by atoms with van der Waals surface area (Å²) in [5.41, 5.74) is 2.01. The summed E-state index contributed by atoms with van der Waals surface area (Å²) < 4.78 is 0. The number of carboxylic acids is 1. The summed E-state index contributed by atoms with van der Waals surface area (Å²) in [4.78, 5) is 11.0. The summed E-state index contributed by atoms with van der Waals surface area (Å²) in [5, 5.41) is 9.60. The van der Waals surface area contributed by atoms with Crippen LogP contribution >= 0.6 is 11.6 Å². The molecule has 0 amide bonds. The lowest BCUT2D eigenvalue weighted by molar-refractivity contribution is -0.144. The van der Waals surface area contributed by atoms with Crippen LogP contribution in [0.2, 0.25) is 5.02 Å². The molecule has 0 fully saturated rings. The van der Waals surface area contributed by atoms with Crippen molar-refractivity contribution < 1.29 is 9.90 Å². The van der Waals surface area contributed by atoms with Crippen LogP contribution < -0.4 is 11.3 Å². The van der Waals surface area contributed by atoms with E-state index >= 15 is 0 Å². The normalized spacial score (nSPS) is 14.6. The Morgan fingerprint density at radius 3 is 2.47 bits per heavy atom. The molecular formula is C10H13ClN2O2. The van der Waals surface area contributed by atoms with E-state index in [4.69, 9.17) is 22.6 Å². The van der Waals surface area contributed by atoms with Gasteiger partial charge in [0.15, 0.2) is 0 Å². The van der Waals surface area contributed by atoms with Crippen LogP contribution in [0.5, 0.6) is 0 Å². The molecule has 1 aromatic carbocycles. The van der Waals surface area contributed by atoms with Gasteiger partial charge in [0.05, 0.1) is 0 Å². The molecule has 1 rings (SSSR count). The molecule has 0 aliphatic rings.